The first-order chi connectivity index (χ1) is 11.2. The summed E-state index contributed by atoms with van der Waals surface area (Å²) in [4.78, 5) is 26.3. The molecule has 1 rings (SSSR count). The van der Waals surface area contributed by atoms with Crippen molar-refractivity contribution in [2.75, 3.05) is 26.2 Å². The van der Waals surface area contributed by atoms with Crippen molar-refractivity contribution in [3.05, 3.63) is 0 Å². The first kappa shape index (κ1) is 20.9. The molecule has 0 spiro atoms. The lowest BCUT2D eigenvalue weighted by atomic mass is 9.91. The fourth-order valence-electron chi connectivity index (χ4n) is 3.03. The number of amides is 2. The second-order valence-corrected chi connectivity index (χ2v) is 7.94. The van der Waals surface area contributed by atoms with Crippen LogP contribution in [-0.4, -0.2) is 54.5 Å². The summed E-state index contributed by atoms with van der Waals surface area (Å²) in [5.41, 5.74) is 5.68. The van der Waals surface area contributed by atoms with Gasteiger partial charge < -0.3 is 16.4 Å². The van der Waals surface area contributed by atoms with E-state index in [0.29, 0.717) is 6.54 Å². The normalized spacial score (nSPS) is 20.7. The Labute approximate surface area is 146 Å². The van der Waals surface area contributed by atoms with Crippen LogP contribution in [0.2, 0.25) is 0 Å². The van der Waals surface area contributed by atoms with E-state index in [-0.39, 0.29) is 29.8 Å². The highest BCUT2D eigenvalue weighted by Gasteiger charge is 2.31. The molecule has 1 aliphatic rings. The predicted octanol–water partition coefficient (Wildman–Crippen LogP) is 1.10. The second kappa shape index (κ2) is 9.37. The quantitative estimate of drug-likeness (QED) is 0.617. The van der Waals surface area contributed by atoms with Crippen LogP contribution >= 0.6 is 0 Å². The molecule has 6 nitrogen and oxygen atoms in total. The van der Waals surface area contributed by atoms with Gasteiger partial charge in [0, 0.05) is 18.6 Å². The summed E-state index contributed by atoms with van der Waals surface area (Å²) in [6, 6.07) is -0.575. The highest BCUT2D eigenvalue weighted by atomic mass is 16.2. The molecule has 2 atom stereocenters. The number of likely N-dealkylation sites (tertiary alicyclic amines) is 1. The Morgan fingerprint density at radius 1 is 1.29 bits per heavy atom. The molecule has 1 heterocycles. The van der Waals surface area contributed by atoms with Crippen molar-refractivity contribution in [3.8, 4) is 0 Å². The third-order valence-corrected chi connectivity index (χ3v) is 5.11. The third kappa shape index (κ3) is 6.40. The molecule has 0 aromatic carbocycles. The zero-order valence-corrected chi connectivity index (χ0v) is 16.0. The van der Waals surface area contributed by atoms with Gasteiger partial charge in [-0.3, -0.25) is 14.5 Å². The summed E-state index contributed by atoms with van der Waals surface area (Å²) >= 11 is 0. The highest BCUT2D eigenvalue weighted by Crippen LogP contribution is 2.25. The maximum atomic E-state index is 12.0. The molecule has 24 heavy (non-hydrogen) atoms. The number of carbonyl (C=O) groups is 2. The lowest BCUT2D eigenvalue weighted by Gasteiger charge is -2.43. The van der Waals surface area contributed by atoms with Gasteiger partial charge in [-0.15, -0.1) is 0 Å². The fourth-order valence-corrected chi connectivity index (χ4v) is 3.03. The van der Waals surface area contributed by atoms with Crippen LogP contribution in [0.15, 0.2) is 0 Å². The molecule has 6 heteroatoms. The zero-order valence-electron chi connectivity index (χ0n) is 16.0. The van der Waals surface area contributed by atoms with Gasteiger partial charge in [-0.1, -0.05) is 27.2 Å². The Hall–Kier alpha value is -1.14. The van der Waals surface area contributed by atoms with Crippen LogP contribution in [0.3, 0.4) is 0 Å². The van der Waals surface area contributed by atoms with Crippen LogP contribution in [0.5, 0.6) is 0 Å². The molecular weight excluding hydrogens is 304 g/mol. The van der Waals surface area contributed by atoms with Gasteiger partial charge in [0.2, 0.25) is 11.8 Å². The number of nitrogens with zero attached hydrogens (tertiary/aromatic N) is 1. The third-order valence-electron chi connectivity index (χ3n) is 5.11. The van der Waals surface area contributed by atoms with Gasteiger partial charge in [-0.2, -0.15) is 0 Å². The van der Waals surface area contributed by atoms with Crippen LogP contribution in [-0.2, 0) is 9.59 Å². The topological polar surface area (TPSA) is 87.5 Å². The summed E-state index contributed by atoms with van der Waals surface area (Å²) in [7, 11) is 0. The maximum absolute atomic E-state index is 12.0. The lowest BCUT2D eigenvalue weighted by Crippen LogP contribution is -2.56. The van der Waals surface area contributed by atoms with E-state index in [9.17, 15) is 9.59 Å². The molecule has 1 saturated heterocycles. The van der Waals surface area contributed by atoms with Gasteiger partial charge in [0.25, 0.3) is 0 Å². The van der Waals surface area contributed by atoms with Crippen molar-refractivity contribution in [1.82, 2.24) is 15.5 Å². The second-order valence-electron chi connectivity index (χ2n) is 7.94. The molecule has 0 saturated carbocycles. The molecule has 0 aromatic heterocycles. The molecule has 4 N–H and O–H groups in total. The number of hydrogen-bond acceptors (Lipinski definition) is 4. The number of rotatable bonds is 8. The Kier molecular flexibility index (Phi) is 8.16. The molecular formula is C18H36N4O2. The fraction of sp³-hybridized carbons (Fsp3) is 0.889. The van der Waals surface area contributed by atoms with Crippen LogP contribution in [0.25, 0.3) is 0 Å². The van der Waals surface area contributed by atoms with Gasteiger partial charge in [0.15, 0.2) is 0 Å². The standard InChI is InChI=1S/C18H36N4O2/c1-6-14-8-7-9-22(11-14)18(4,5)12-21-15(23)10-20-17(24)16(19)13(2)3/h13-14,16H,6-12,19H2,1-5H3,(H,20,24)(H,21,23)/t14?,16-/m0/s1. The molecule has 2 amide bonds. The van der Waals surface area contributed by atoms with E-state index < -0.39 is 6.04 Å². The Morgan fingerprint density at radius 2 is 1.96 bits per heavy atom. The SMILES string of the molecule is CCC1CCCN(C(C)(C)CNC(=O)CNC(=O)[C@@H](N)C(C)C)C1. The average Bonchev–Trinajstić information content (AvgIpc) is 2.57. The van der Waals surface area contributed by atoms with E-state index >= 15 is 0 Å². The molecule has 1 aliphatic heterocycles. The molecule has 0 aliphatic carbocycles. The van der Waals surface area contributed by atoms with Gasteiger partial charge in [-0.05, 0) is 45.1 Å². The number of nitrogens with one attached hydrogen (secondary N) is 2. The summed E-state index contributed by atoms with van der Waals surface area (Å²) in [6.07, 6.45) is 3.73. The van der Waals surface area contributed by atoms with E-state index in [1.54, 1.807) is 0 Å². The zero-order chi connectivity index (χ0) is 18.3. The minimum Gasteiger partial charge on any atom is -0.353 e. The summed E-state index contributed by atoms with van der Waals surface area (Å²) in [5.74, 6) is 0.362. The van der Waals surface area contributed by atoms with Crippen LogP contribution in [0, 0.1) is 11.8 Å². The van der Waals surface area contributed by atoms with Crippen molar-refractivity contribution < 1.29 is 9.59 Å². The predicted molar refractivity (Wildman–Crippen MR) is 97.5 cm³/mol. The van der Waals surface area contributed by atoms with Crippen LogP contribution in [0.4, 0.5) is 0 Å². The van der Waals surface area contributed by atoms with Crippen molar-refractivity contribution in [2.45, 2.75) is 65.5 Å². The molecule has 0 radical (unpaired) electrons. The molecule has 140 valence electrons. The first-order valence-corrected chi connectivity index (χ1v) is 9.22. The van der Waals surface area contributed by atoms with E-state index in [1.165, 1.54) is 19.3 Å². The van der Waals surface area contributed by atoms with E-state index in [1.807, 2.05) is 13.8 Å². The van der Waals surface area contributed by atoms with Gasteiger partial charge >= 0.3 is 0 Å². The molecule has 1 fully saturated rings. The van der Waals surface area contributed by atoms with Crippen molar-refractivity contribution in [1.29, 1.82) is 0 Å². The summed E-state index contributed by atoms with van der Waals surface area (Å²) in [5, 5.41) is 5.55. The average molecular weight is 341 g/mol. The van der Waals surface area contributed by atoms with Gasteiger partial charge in [0.05, 0.1) is 12.6 Å². The van der Waals surface area contributed by atoms with E-state index in [4.69, 9.17) is 5.73 Å². The Morgan fingerprint density at radius 3 is 2.54 bits per heavy atom. The Bertz CT molecular complexity index is 423. The summed E-state index contributed by atoms with van der Waals surface area (Å²) < 4.78 is 0. The maximum Gasteiger partial charge on any atom is 0.239 e. The van der Waals surface area contributed by atoms with Gasteiger partial charge in [0.1, 0.15) is 0 Å². The number of hydrogen-bond donors (Lipinski definition) is 3. The van der Waals surface area contributed by atoms with Crippen molar-refractivity contribution >= 4 is 11.8 Å². The van der Waals surface area contributed by atoms with E-state index in [2.05, 4.69) is 36.3 Å². The monoisotopic (exact) mass is 340 g/mol. The minimum absolute atomic E-state index is 0.0209. The van der Waals surface area contributed by atoms with Crippen molar-refractivity contribution in [3.63, 3.8) is 0 Å². The number of carbonyl (C=O) groups excluding carboxylic acids is 2. The minimum atomic E-state index is -0.575. The Balaban J connectivity index is 2.38. The van der Waals surface area contributed by atoms with Crippen LogP contribution < -0.4 is 16.4 Å². The highest BCUT2D eigenvalue weighted by molar-refractivity contribution is 5.87. The largest absolute Gasteiger partial charge is 0.353 e. The van der Waals surface area contributed by atoms with Crippen molar-refractivity contribution in [2.24, 2.45) is 17.6 Å². The molecule has 0 aromatic rings. The molecule has 1 unspecified atom stereocenters. The van der Waals surface area contributed by atoms with E-state index in [0.717, 1.165) is 19.0 Å². The number of piperidine rings is 1. The number of nitrogens with two attached hydrogens (primary N) is 1. The van der Waals surface area contributed by atoms with Crippen LogP contribution in [0.1, 0.15) is 53.9 Å². The van der Waals surface area contributed by atoms with Gasteiger partial charge in [-0.25, -0.2) is 0 Å². The molecule has 0 bridgehead atoms. The smallest absolute Gasteiger partial charge is 0.239 e. The first-order valence-electron chi connectivity index (χ1n) is 9.22. The lowest BCUT2D eigenvalue weighted by molar-refractivity contribution is -0.127. The summed E-state index contributed by atoms with van der Waals surface area (Å²) in [6.45, 7) is 13.1.